The first-order valence-electron chi connectivity index (χ1n) is 9.49. The molecule has 8 heteroatoms. The van der Waals surface area contributed by atoms with Crippen LogP contribution in [0.3, 0.4) is 0 Å². The molecule has 3 N–H and O–H groups in total. The van der Waals surface area contributed by atoms with Gasteiger partial charge in [0, 0.05) is 35.3 Å². The van der Waals surface area contributed by atoms with Crippen LogP contribution in [0.25, 0.3) is 10.9 Å². The molecule has 0 radical (unpaired) electrons. The van der Waals surface area contributed by atoms with Crippen molar-refractivity contribution >= 4 is 33.9 Å². The maximum atomic E-state index is 12.9. The van der Waals surface area contributed by atoms with Gasteiger partial charge in [-0.3, -0.25) is 4.79 Å². The summed E-state index contributed by atoms with van der Waals surface area (Å²) in [6, 6.07) is 9.36. The van der Waals surface area contributed by atoms with Gasteiger partial charge in [-0.05, 0) is 31.2 Å². The second-order valence-electron chi connectivity index (χ2n) is 8.44. The number of anilines is 2. The van der Waals surface area contributed by atoms with Gasteiger partial charge in [0.2, 0.25) is 0 Å². The number of aryl methyl sites for hydroxylation is 1. The topological polar surface area (TPSA) is 106 Å². The van der Waals surface area contributed by atoms with Gasteiger partial charge in [0.05, 0.1) is 23.3 Å². The van der Waals surface area contributed by atoms with Crippen LogP contribution in [-0.2, 0) is 12.6 Å². The number of halogens is 1. The van der Waals surface area contributed by atoms with Crippen molar-refractivity contribution in [2.24, 2.45) is 18.2 Å². The number of nitriles is 1. The molecule has 2 aromatic heterocycles. The predicted octanol–water partition coefficient (Wildman–Crippen LogP) is 3.79. The lowest BCUT2D eigenvalue weighted by Gasteiger charge is -2.46. The summed E-state index contributed by atoms with van der Waals surface area (Å²) in [7, 11) is 1.71. The first-order valence-corrected chi connectivity index (χ1v) is 9.87. The lowest BCUT2D eigenvalue weighted by molar-refractivity contribution is 0.0658. The Kier molecular flexibility index (Phi) is 4.53. The van der Waals surface area contributed by atoms with E-state index in [-0.39, 0.29) is 27.4 Å². The first kappa shape index (κ1) is 20.2. The minimum Gasteiger partial charge on any atom is -0.487 e. The van der Waals surface area contributed by atoms with Crippen LogP contribution in [0.4, 0.5) is 11.4 Å². The first-order chi connectivity index (χ1) is 14.1. The van der Waals surface area contributed by atoms with Crippen LogP contribution in [0, 0.1) is 16.7 Å². The zero-order chi connectivity index (χ0) is 21.8. The summed E-state index contributed by atoms with van der Waals surface area (Å²) in [5.41, 5.74) is 8.39. The van der Waals surface area contributed by atoms with E-state index in [0.29, 0.717) is 17.9 Å². The van der Waals surface area contributed by atoms with Crippen molar-refractivity contribution in [3.63, 3.8) is 0 Å². The van der Waals surface area contributed by atoms with Crippen molar-refractivity contribution in [2.75, 3.05) is 11.9 Å². The Hall–Kier alpha value is -3.08. The number of aromatic nitrogens is 2. The Bertz CT molecular complexity index is 1290. The third-order valence-electron chi connectivity index (χ3n) is 6.15. The normalized spacial score (nSPS) is 19.6. The number of hydrogen-bond acceptors (Lipinski definition) is 6. The quantitative estimate of drug-likeness (QED) is 0.607. The van der Waals surface area contributed by atoms with Gasteiger partial charge in [-0.15, -0.1) is 0 Å². The highest BCUT2D eigenvalue weighted by Gasteiger charge is 2.47. The number of fused-ring (bicyclic) bond motifs is 3. The summed E-state index contributed by atoms with van der Waals surface area (Å²) in [5, 5.41) is 13.6. The fourth-order valence-corrected chi connectivity index (χ4v) is 3.99. The molecule has 0 fully saturated rings. The van der Waals surface area contributed by atoms with Crippen LogP contribution >= 0.6 is 11.6 Å². The molecule has 154 valence electrons. The Morgan fingerprint density at radius 3 is 2.77 bits per heavy atom. The number of rotatable bonds is 2. The average molecular weight is 424 g/mol. The Balaban J connectivity index is 1.97. The SMILES string of the molecule is Cn1c(=O)c2c(c3cc(Nc4ccnc(Cl)c4C#N)ccc31)C(C)(N)C(C)(C)CO2. The van der Waals surface area contributed by atoms with Crippen molar-refractivity contribution in [3.05, 3.63) is 57.1 Å². The van der Waals surface area contributed by atoms with Gasteiger partial charge in [-0.1, -0.05) is 25.4 Å². The lowest BCUT2D eigenvalue weighted by atomic mass is 9.68. The summed E-state index contributed by atoms with van der Waals surface area (Å²) in [4.78, 5) is 16.9. The number of pyridine rings is 2. The molecule has 1 aliphatic rings. The second kappa shape index (κ2) is 6.73. The highest BCUT2D eigenvalue weighted by molar-refractivity contribution is 6.31. The average Bonchev–Trinajstić information content (AvgIpc) is 2.68. The molecule has 0 bridgehead atoms. The van der Waals surface area contributed by atoms with Crippen molar-refractivity contribution in [1.82, 2.24) is 9.55 Å². The fraction of sp³-hybridized carbons (Fsp3) is 0.318. The van der Waals surface area contributed by atoms with Crippen molar-refractivity contribution < 1.29 is 4.74 Å². The lowest BCUT2D eigenvalue weighted by Crippen LogP contribution is -2.54. The van der Waals surface area contributed by atoms with Crippen LogP contribution in [-0.4, -0.2) is 16.2 Å². The van der Waals surface area contributed by atoms with Gasteiger partial charge >= 0.3 is 0 Å². The molecule has 0 saturated carbocycles. The van der Waals surface area contributed by atoms with E-state index in [4.69, 9.17) is 22.1 Å². The van der Waals surface area contributed by atoms with E-state index in [9.17, 15) is 10.1 Å². The van der Waals surface area contributed by atoms with Crippen LogP contribution in [0.2, 0.25) is 5.15 Å². The Labute approximate surface area is 179 Å². The number of nitrogens with one attached hydrogen (secondary N) is 1. The molecular formula is C22H22ClN5O2. The Morgan fingerprint density at radius 1 is 1.33 bits per heavy atom. The molecule has 0 spiro atoms. The van der Waals surface area contributed by atoms with E-state index in [1.54, 1.807) is 17.7 Å². The number of nitrogens with two attached hydrogens (primary N) is 1. The van der Waals surface area contributed by atoms with Gasteiger partial charge in [-0.2, -0.15) is 5.26 Å². The van der Waals surface area contributed by atoms with E-state index in [0.717, 1.165) is 16.6 Å². The van der Waals surface area contributed by atoms with E-state index in [1.165, 1.54) is 6.20 Å². The van der Waals surface area contributed by atoms with Crippen LogP contribution in [0.15, 0.2) is 35.3 Å². The standard InChI is InChI=1S/C22H22ClN5O2/c1-21(2)11-30-18-17(22(21,3)25)13-9-12(5-6-16(13)28(4)20(18)29)27-15-7-8-26-19(23)14(15)10-24/h5-9H,11,25H2,1-4H3,(H,26,27). The van der Waals surface area contributed by atoms with Gasteiger partial charge in [0.1, 0.15) is 16.8 Å². The molecule has 1 atom stereocenters. The zero-order valence-electron chi connectivity index (χ0n) is 17.2. The highest BCUT2D eigenvalue weighted by Crippen LogP contribution is 2.47. The van der Waals surface area contributed by atoms with E-state index >= 15 is 0 Å². The molecule has 1 aromatic carbocycles. The molecule has 0 amide bonds. The van der Waals surface area contributed by atoms with Gasteiger partial charge in [0.15, 0.2) is 5.75 Å². The van der Waals surface area contributed by atoms with Crippen molar-refractivity contribution in [2.45, 2.75) is 26.3 Å². The maximum Gasteiger partial charge on any atom is 0.293 e. The number of benzene rings is 1. The molecule has 3 heterocycles. The van der Waals surface area contributed by atoms with E-state index in [1.807, 2.05) is 39.0 Å². The smallest absolute Gasteiger partial charge is 0.293 e. The molecule has 30 heavy (non-hydrogen) atoms. The number of nitrogens with zero attached hydrogens (tertiary/aromatic N) is 3. The molecule has 3 aromatic rings. The highest BCUT2D eigenvalue weighted by atomic mass is 35.5. The minimum atomic E-state index is -0.789. The van der Waals surface area contributed by atoms with Crippen molar-refractivity contribution in [1.29, 1.82) is 5.26 Å². The third kappa shape index (κ3) is 2.83. The molecule has 0 saturated heterocycles. The number of ether oxygens (including phenoxy) is 1. The van der Waals surface area contributed by atoms with Crippen LogP contribution < -0.4 is 21.3 Å². The van der Waals surface area contributed by atoms with Crippen LogP contribution in [0.5, 0.6) is 5.75 Å². The fourth-order valence-electron chi connectivity index (χ4n) is 3.79. The maximum absolute atomic E-state index is 12.9. The summed E-state index contributed by atoms with van der Waals surface area (Å²) >= 11 is 6.05. The molecule has 7 nitrogen and oxygen atoms in total. The van der Waals surface area contributed by atoms with E-state index < -0.39 is 5.54 Å². The molecular weight excluding hydrogens is 402 g/mol. The number of hydrogen-bond donors (Lipinski definition) is 2. The minimum absolute atomic E-state index is 0.132. The Morgan fingerprint density at radius 2 is 2.07 bits per heavy atom. The van der Waals surface area contributed by atoms with Gasteiger partial charge in [0.25, 0.3) is 5.56 Å². The molecule has 1 aliphatic heterocycles. The summed E-state index contributed by atoms with van der Waals surface area (Å²) in [5.74, 6) is 0.288. The second-order valence-corrected chi connectivity index (χ2v) is 8.79. The van der Waals surface area contributed by atoms with Crippen molar-refractivity contribution in [3.8, 4) is 11.8 Å². The summed E-state index contributed by atoms with van der Waals surface area (Å²) < 4.78 is 7.47. The summed E-state index contributed by atoms with van der Waals surface area (Å²) in [6.07, 6.45) is 1.53. The molecule has 4 rings (SSSR count). The van der Waals surface area contributed by atoms with E-state index in [2.05, 4.69) is 16.4 Å². The molecule has 1 unspecified atom stereocenters. The zero-order valence-corrected chi connectivity index (χ0v) is 18.0. The predicted molar refractivity (Wildman–Crippen MR) is 117 cm³/mol. The largest absolute Gasteiger partial charge is 0.487 e. The third-order valence-corrected chi connectivity index (χ3v) is 6.44. The molecule has 0 aliphatic carbocycles. The van der Waals surface area contributed by atoms with Gasteiger partial charge < -0.3 is 20.4 Å². The van der Waals surface area contributed by atoms with Crippen LogP contribution in [0.1, 0.15) is 31.9 Å². The van der Waals surface area contributed by atoms with Gasteiger partial charge in [-0.25, -0.2) is 4.98 Å². The monoisotopic (exact) mass is 423 g/mol. The summed E-state index contributed by atoms with van der Waals surface area (Å²) in [6.45, 7) is 6.34.